The Morgan fingerprint density at radius 3 is 2.84 bits per heavy atom. The molecule has 0 saturated carbocycles. The summed E-state index contributed by atoms with van der Waals surface area (Å²) in [5.74, 6) is -1.72. The van der Waals surface area contributed by atoms with E-state index in [-0.39, 0.29) is 17.7 Å². The van der Waals surface area contributed by atoms with E-state index in [0.29, 0.717) is 4.88 Å². The average molecular weight is 279 g/mol. The lowest BCUT2D eigenvalue weighted by Gasteiger charge is -2.01. The number of carbonyl (C=O) groups excluding carboxylic acids is 1. The van der Waals surface area contributed by atoms with Gasteiger partial charge in [0.05, 0.1) is 12.2 Å². The van der Waals surface area contributed by atoms with E-state index in [0.717, 1.165) is 24.2 Å². The molecule has 100 valence electrons. The first-order chi connectivity index (χ1) is 9.08. The Labute approximate surface area is 114 Å². The normalized spacial score (nSPS) is 10.8. The van der Waals surface area contributed by atoms with Crippen LogP contribution in [0.3, 0.4) is 0 Å². The van der Waals surface area contributed by atoms with Crippen LogP contribution >= 0.6 is 11.3 Å². The van der Waals surface area contributed by atoms with E-state index >= 15 is 0 Å². The molecule has 0 atom stereocenters. The van der Waals surface area contributed by atoms with Crippen molar-refractivity contribution in [2.75, 3.05) is 6.61 Å². The number of rotatable bonds is 6. The molecule has 0 saturated heterocycles. The van der Waals surface area contributed by atoms with Crippen LogP contribution in [0.4, 0.5) is 0 Å². The molecule has 5 nitrogen and oxygen atoms in total. The number of thiophene rings is 1. The number of nitrogens with zero attached hydrogens (tertiary/aromatic N) is 1. The lowest BCUT2D eigenvalue weighted by molar-refractivity contribution is -0.138. The molecule has 0 fully saturated rings. The van der Waals surface area contributed by atoms with Gasteiger partial charge in [0.2, 0.25) is 0 Å². The Hall–Kier alpha value is -2.13. The topological polar surface area (TPSA) is 87.4 Å². The first-order valence-electron chi connectivity index (χ1n) is 5.69. The molecule has 0 aromatic carbocycles. The van der Waals surface area contributed by atoms with Crippen LogP contribution in [-0.2, 0) is 9.53 Å². The van der Waals surface area contributed by atoms with Crippen molar-refractivity contribution in [1.82, 2.24) is 0 Å². The average Bonchev–Trinajstić information content (AvgIpc) is 2.84. The third kappa shape index (κ3) is 4.56. The van der Waals surface area contributed by atoms with E-state index in [1.54, 1.807) is 6.07 Å². The lowest BCUT2D eigenvalue weighted by Crippen LogP contribution is -2.07. The molecule has 0 spiro atoms. The molecule has 0 aliphatic heterocycles. The van der Waals surface area contributed by atoms with Crippen LogP contribution < -0.4 is 0 Å². The highest BCUT2D eigenvalue weighted by Gasteiger charge is 2.12. The molecule has 0 bridgehead atoms. The second kappa shape index (κ2) is 7.34. The van der Waals surface area contributed by atoms with Crippen LogP contribution in [0.5, 0.6) is 0 Å². The summed E-state index contributed by atoms with van der Waals surface area (Å²) < 4.78 is 4.92. The Balaban J connectivity index is 2.78. The molecule has 1 heterocycles. The minimum absolute atomic E-state index is 0.130. The van der Waals surface area contributed by atoms with E-state index in [1.165, 1.54) is 17.5 Å². The van der Waals surface area contributed by atoms with E-state index in [1.807, 2.05) is 6.92 Å². The number of carboxylic acids is 1. The van der Waals surface area contributed by atoms with Gasteiger partial charge in [-0.15, -0.1) is 11.3 Å². The van der Waals surface area contributed by atoms with Gasteiger partial charge in [0.15, 0.2) is 0 Å². The second-order valence-corrected chi connectivity index (χ2v) is 4.65. The number of nitriles is 1. The van der Waals surface area contributed by atoms with Gasteiger partial charge < -0.3 is 9.84 Å². The summed E-state index contributed by atoms with van der Waals surface area (Å²) in [4.78, 5) is 22.8. The van der Waals surface area contributed by atoms with E-state index in [4.69, 9.17) is 15.1 Å². The predicted octanol–water partition coefficient (Wildman–Crippen LogP) is 2.70. The third-order valence-corrected chi connectivity index (χ3v) is 3.10. The van der Waals surface area contributed by atoms with Gasteiger partial charge in [0, 0.05) is 10.3 Å². The summed E-state index contributed by atoms with van der Waals surface area (Å²) in [6, 6.07) is 3.17. The Morgan fingerprint density at radius 2 is 2.32 bits per heavy atom. The summed E-state index contributed by atoms with van der Waals surface area (Å²) in [5.41, 5.74) is 0.00258. The highest BCUT2D eigenvalue weighted by molar-refractivity contribution is 7.11. The SMILES string of the molecule is CCCCOC(=O)/C(C#N)=C\c1cc(C(=O)O)cs1. The summed E-state index contributed by atoms with van der Waals surface area (Å²) in [6.45, 7) is 2.24. The highest BCUT2D eigenvalue weighted by Crippen LogP contribution is 2.18. The minimum atomic E-state index is -1.04. The van der Waals surface area contributed by atoms with Gasteiger partial charge in [-0.3, -0.25) is 0 Å². The van der Waals surface area contributed by atoms with Crippen molar-refractivity contribution < 1.29 is 19.4 Å². The highest BCUT2D eigenvalue weighted by atomic mass is 32.1. The fraction of sp³-hybridized carbons (Fsp3) is 0.308. The number of ether oxygens (including phenoxy) is 1. The Morgan fingerprint density at radius 1 is 1.58 bits per heavy atom. The fourth-order valence-electron chi connectivity index (χ4n) is 1.21. The number of carbonyl (C=O) groups is 2. The van der Waals surface area contributed by atoms with E-state index in [9.17, 15) is 9.59 Å². The van der Waals surface area contributed by atoms with Gasteiger partial charge in [-0.25, -0.2) is 9.59 Å². The molecule has 1 aromatic heterocycles. The van der Waals surface area contributed by atoms with Crippen molar-refractivity contribution in [2.45, 2.75) is 19.8 Å². The molecular formula is C13H13NO4S. The second-order valence-electron chi connectivity index (χ2n) is 3.70. The maximum Gasteiger partial charge on any atom is 0.348 e. The lowest BCUT2D eigenvalue weighted by atomic mass is 10.2. The van der Waals surface area contributed by atoms with Crippen molar-refractivity contribution in [3.05, 3.63) is 27.5 Å². The van der Waals surface area contributed by atoms with Gasteiger partial charge in [0.1, 0.15) is 11.6 Å². The van der Waals surface area contributed by atoms with Gasteiger partial charge in [-0.05, 0) is 18.6 Å². The van der Waals surface area contributed by atoms with E-state index in [2.05, 4.69) is 0 Å². The zero-order chi connectivity index (χ0) is 14.3. The molecular weight excluding hydrogens is 266 g/mol. The number of hydrogen-bond acceptors (Lipinski definition) is 5. The van der Waals surface area contributed by atoms with Crippen molar-refractivity contribution in [2.24, 2.45) is 0 Å². The molecule has 19 heavy (non-hydrogen) atoms. The van der Waals surface area contributed by atoms with Crippen LogP contribution in [0, 0.1) is 11.3 Å². The third-order valence-electron chi connectivity index (χ3n) is 2.22. The van der Waals surface area contributed by atoms with Gasteiger partial charge >= 0.3 is 11.9 Å². The largest absolute Gasteiger partial charge is 0.478 e. The van der Waals surface area contributed by atoms with Gasteiger partial charge in [-0.2, -0.15) is 5.26 Å². The van der Waals surface area contributed by atoms with Gasteiger partial charge in [0.25, 0.3) is 0 Å². The molecule has 1 N–H and O–H groups in total. The van der Waals surface area contributed by atoms with Crippen LogP contribution in [0.15, 0.2) is 17.0 Å². The maximum absolute atomic E-state index is 11.6. The zero-order valence-electron chi connectivity index (χ0n) is 10.4. The van der Waals surface area contributed by atoms with Crippen LogP contribution in [0.25, 0.3) is 6.08 Å². The number of unbranched alkanes of at least 4 members (excludes halogenated alkanes) is 1. The smallest absolute Gasteiger partial charge is 0.348 e. The minimum Gasteiger partial charge on any atom is -0.478 e. The first-order valence-corrected chi connectivity index (χ1v) is 6.57. The molecule has 0 radical (unpaired) electrons. The predicted molar refractivity (Wildman–Crippen MR) is 70.7 cm³/mol. The van der Waals surface area contributed by atoms with Crippen LogP contribution in [0.2, 0.25) is 0 Å². The molecule has 0 aliphatic rings. The van der Waals surface area contributed by atoms with Crippen LogP contribution in [0.1, 0.15) is 35.0 Å². The monoisotopic (exact) mass is 279 g/mol. The zero-order valence-corrected chi connectivity index (χ0v) is 11.2. The molecule has 0 aliphatic carbocycles. The van der Waals surface area contributed by atoms with Crippen molar-refractivity contribution in [3.8, 4) is 6.07 Å². The standard InChI is InChI=1S/C13H13NO4S/c1-2-3-4-18-13(17)9(7-14)5-11-6-10(8-19-11)12(15)16/h5-6,8H,2-4H2,1H3,(H,15,16)/b9-5-. The van der Waals surface area contributed by atoms with Crippen molar-refractivity contribution >= 4 is 29.4 Å². The fourth-order valence-corrected chi connectivity index (χ4v) is 2.02. The van der Waals surface area contributed by atoms with Crippen molar-refractivity contribution in [3.63, 3.8) is 0 Å². The molecule has 6 heteroatoms. The number of esters is 1. The number of carboxylic acid groups (broad SMARTS) is 1. The number of hydrogen-bond donors (Lipinski definition) is 1. The molecule has 1 aromatic rings. The molecule has 0 unspecified atom stereocenters. The van der Waals surface area contributed by atoms with E-state index < -0.39 is 11.9 Å². The maximum atomic E-state index is 11.6. The number of aromatic carboxylic acids is 1. The quantitative estimate of drug-likeness (QED) is 0.374. The first kappa shape index (κ1) is 14.9. The Kier molecular flexibility index (Phi) is 5.76. The summed E-state index contributed by atoms with van der Waals surface area (Å²) >= 11 is 1.15. The van der Waals surface area contributed by atoms with Crippen LogP contribution in [-0.4, -0.2) is 23.7 Å². The Bertz CT molecular complexity index is 539. The van der Waals surface area contributed by atoms with Crippen molar-refractivity contribution in [1.29, 1.82) is 5.26 Å². The van der Waals surface area contributed by atoms with Gasteiger partial charge in [-0.1, -0.05) is 13.3 Å². The summed E-state index contributed by atoms with van der Waals surface area (Å²) in [7, 11) is 0. The molecule has 0 amide bonds. The summed E-state index contributed by atoms with van der Waals surface area (Å²) in [6.07, 6.45) is 2.98. The molecule has 1 rings (SSSR count). The summed E-state index contributed by atoms with van der Waals surface area (Å²) in [5, 5.41) is 19.1.